The molecule has 0 saturated heterocycles. The van der Waals surface area contributed by atoms with E-state index in [1.165, 1.54) is 6.21 Å². The highest BCUT2D eigenvalue weighted by atomic mass is 35.5. The van der Waals surface area contributed by atoms with Crippen LogP contribution in [0.1, 0.15) is 5.69 Å². The molecule has 0 aliphatic carbocycles. The van der Waals surface area contributed by atoms with Crippen molar-refractivity contribution in [1.29, 1.82) is 0 Å². The van der Waals surface area contributed by atoms with Crippen LogP contribution in [-0.4, -0.2) is 16.4 Å². The van der Waals surface area contributed by atoms with Gasteiger partial charge in [-0.25, -0.2) is 0 Å². The maximum atomic E-state index is 8.11. The Morgan fingerprint density at radius 1 is 1.70 bits per heavy atom. The van der Waals surface area contributed by atoms with Gasteiger partial charge in [-0.1, -0.05) is 16.8 Å². The summed E-state index contributed by atoms with van der Waals surface area (Å²) >= 11 is 5.64. The molecule has 0 aliphatic rings. The van der Waals surface area contributed by atoms with Gasteiger partial charge in [0.05, 0.1) is 11.2 Å². The third kappa shape index (κ3) is 1.45. The van der Waals surface area contributed by atoms with Crippen molar-refractivity contribution >= 4 is 17.8 Å². The summed E-state index contributed by atoms with van der Waals surface area (Å²) in [7, 11) is 0. The fourth-order valence-electron chi connectivity index (χ4n) is 0.548. The molecular formula is C6H5ClN2O. The minimum atomic E-state index is 0.465. The molecule has 0 unspecified atom stereocenters. The van der Waals surface area contributed by atoms with Gasteiger partial charge in [0.2, 0.25) is 0 Å². The second-order valence-electron chi connectivity index (χ2n) is 1.62. The lowest BCUT2D eigenvalue weighted by atomic mass is 10.4. The number of nitrogens with zero attached hydrogens (tertiary/aromatic N) is 2. The summed E-state index contributed by atoms with van der Waals surface area (Å²) in [5.41, 5.74) is 0.465. The Hall–Kier alpha value is -1.09. The predicted molar refractivity (Wildman–Crippen MR) is 38.6 cm³/mol. The second kappa shape index (κ2) is 3.17. The molecule has 1 N–H and O–H groups in total. The van der Waals surface area contributed by atoms with Crippen molar-refractivity contribution in [3.05, 3.63) is 29.0 Å². The Morgan fingerprint density at radius 2 is 2.50 bits per heavy atom. The van der Waals surface area contributed by atoms with Crippen LogP contribution in [0, 0.1) is 0 Å². The van der Waals surface area contributed by atoms with Crippen molar-refractivity contribution in [2.24, 2.45) is 5.16 Å². The third-order valence-corrected chi connectivity index (χ3v) is 1.29. The van der Waals surface area contributed by atoms with E-state index in [4.69, 9.17) is 16.8 Å². The van der Waals surface area contributed by atoms with Crippen molar-refractivity contribution < 1.29 is 5.21 Å². The quantitative estimate of drug-likeness (QED) is 0.381. The first-order valence-corrected chi connectivity index (χ1v) is 3.00. The SMILES string of the molecule is ON=Cc1ncccc1Cl. The van der Waals surface area contributed by atoms with Crippen molar-refractivity contribution in [3.8, 4) is 0 Å². The first-order chi connectivity index (χ1) is 4.84. The molecule has 0 fully saturated rings. The summed E-state index contributed by atoms with van der Waals surface area (Å²) < 4.78 is 0. The van der Waals surface area contributed by atoms with Gasteiger partial charge in [-0.15, -0.1) is 0 Å². The van der Waals surface area contributed by atoms with Crippen molar-refractivity contribution in [1.82, 2.24) is 4.98 Å². The standard InChI is InChI=1S/C6H5ClN2O/c7-5-2-1-3-8-6(5)4-9-10/h1-4,10H. The molecule has 1 aromatic rings. The van der Waals surface area contributed by atoms with E-state index in [1.54, 1.807) is 18.3 Å². The third-order valence-electron chi connectivity index (χ3n) is 0.967. The van der Waals surface area contributed by atoms with Gasteiger partial charge >= 0.3 is 0 Å². The van der Waals surface area contributed by atoms with Gasteiger partial charge in [0.25, 0.3) is 0 Å². The zero-order valence-electron chi connectivity index (χ0n) is 5.03. The fraction of sp³-hybridized carbons (Fsp3) is 0. The molecule has 0 saturated carbocycles. The molecule has 0 aromatic carbocycles. The zero-order valence-corrected chi connectivity index (χ0v) is 5.78. The lowest BCUT2D eigenvalue weighted by Crippen LogP contribution is -1.86. The molecule has 0 bridgehead atoms. The number of hydrogen-bond donors (Lipinski definition) is 1. The van der Waals surface area contributed by atoms with E-state index in [9.17, 15) is 0 Å². The summed E-state index contributed by atoms with van der Waals surface area (Å²) in [6.45, 7) is 0. The maximum absolute atomic E-state index is 8.11. The summed E-state index contributed by atoms with van der Waals surface area (Å²) in [5.74, 6) is 0. The minimum Gasteiger partial charge on any atom is -0.411 e. The number of hydrogen-bond acceptors (Lipinski definition) is 3. The van der Waals surface area contributed by atoms with Crippen molar-refractivity contribution in [3.63, 3.8) is 0 Å². The molecule has 4 heteroatoms. The Bertz CT molecular complexity index is 249. The number of oxime groups is 1. The summed E-state index contributed by atoms with van der Waals surface area (Å²) in [5, 5.41) is 11.4. The number of halogens is 1. The number of pyridine rings is 1. The largest absolute Gasteiger partial charge is 0.411 e. The highest BCUT2D eigenvalue weighted by molar-refractivity contribution is 6.32. The van der Waals surface area contributed by atoms with E-state index in [-0.39, 0.29) is 0 Å². The molecule has 1 heterocycles. The van der Waals surface area contributed by atoms with Gasteiger partial charge in [0.1, 0.15) is 5.69 Å². The molecule has 0 aliphatic heterocycles. The monoisotopic (exact) mass is 156 g/mol. The molecule has 0 atom stereocenters. The van der Waals surface area contributed by atoms with Crippen LogP contribution in [0.2, 0.25) is 5.02 Å². The van der Waals surface area contributed by atoms with Crippen LogP contribution in [0.3, 0.4) is 0 Å². The molecule has 52 valence electrons. The van der Waals surface area contributed by atoms with Gasteiger partial charge in [0, 0.05) is 6.20 Å². The average molecular weight is 157 g/mol. The number of rotatable bonds is 1. The highest BCUT2D eigenvalue weighted by Crippen LogP contribution is 2.08. The molecule has 0 amide bonds. The number of aromatic nitrogens is 1. The van der Waals surface area contributed by atoms with Crippen LogP contribution in [0.25, 0.3) is 0 Å². The van der Waals surface area contributed by atoms with Crippen LogP contribution < -0.4 is 0 Å². The summed E-state index contributed by atoms with van der Waals surface area (Å²) in [4.78, 5) is 3.83. The van der Waals surface area contributed by atoms with Crippen LogP contribution in [0.4, 0.5) is 0 Å². The van der Waals surface area contributed by atoms with Crippen molar-refractivity contribution in [2.45, 2.75) is 0 Å². The van der Waals surface area contributed by atoms with Gasteiger partial charge < -0.3 is 5.21 Å². The molecule has 3 nitrogen and oxygen atoms in total. The Balaban J connectivity index is 3.03. The van der Waals surface area contributed by atoms with Crippen molar-refractivity contribution in [2.75, 3.05) is 0 Å². The first kappa shape index (κ1) is 7.02. The van der Waals surface area contributed by atoms with Gasteiger partial charge in [0.15, 0.2) is 0 Å². The highest BCUT2D eigenvalue weighted by Gasteiger charge is 1.94. The van der Waals surface area contributed by atoms with E-state index >= 15 is 0 Å². The van der Waals surface area contributed by atoms with Crippen LogP contribution in [0.15, 0.2) is 23.5 Å². The average Bonchev–Trinajstić information content (AvgIpc) is 1.94. The lowest BCUT2D eigenvalue weighted by Gasteiger charge is -1.91. The van der Waals surface area contributed by atoms with Gasteiger partial charge in [-0.05, 0) is 12.1 Å². The molecule has 1 rings (SSSR count). The van der Waals surface area contributed by atoms with Gasteiger partial charge in [-0.3, -0.25) is 4.98 Å². The van der Waals surface area contributed by atoms with E-state index < -0.39 is 0 Å². The Kier molecular flexibility index (Phi) is 2.23. The van der Waals surface area contributed by atoms with E-state index in [0.29, 0.717) is 10.7 Å². The summed E-state index contributed by atoms with van der Waals surface area (Å²) in [6, 6.07) is 3.38. The molecule has 1 aromatic heterocycles. The van der Waals surface area contributed by atoms with E-state index in [0.717, 1.165) is 0 Å². The minimum absolute atomic E-state index is 0.465. The second-order valence-corrected chi connectivity index (χ2v) is 2.02. The summed E-state index contributed by atoms with van der Waals surface area (Å²) in [6.07, 6.45) is 2.76. The predicted octanol–water partition coefficient (Wildman–Crippen LogP) is 1.54. The fourth-order valence-corrected chi connectivity index (χ4v) is 0.718. The van der Waals surface area contributed by atoms with E-state index in [2.05, 4.69) is 10.1 Å². The normalized spacial score (nSPS) is 10.5. The van der Waals surface area contributed by atoms with E-state index in [1.807, 2.05) is 0 Å². The van der Waals surface area contributed by atoms with Gasteiger partial charge in [-0.2, -0.15) is 0 Å². The molecule has 0 spiro atoms. The van der Waals surface area contributed by atoms with Crippen LogP contribution in [-0.2, 0) is 0 Å². The zero-order chi connectivity index (χ0) is 7.40. The molecule has 0 radical (unpaired) electrons. The Labute approximate surface area is 63.0 Å². The maximum Gasteiger partial charge on any atom is 0.103 e. The molecule has 10 heavy (non-hydrogen) atoms. The Morgan fingerprint density at radius 3 is 3.10 bits per heavy atom. The lowest BCUT2D eigenvalue weighted by molar-refractivity contribution is 0.321. The smallest absolute Gasteiger partial charge is 0.103 e. The first-order valence-electron chi connectivity index (χ1n) is 2.62. The topological polar surface area (TPSA) is 45.5 Å². The van der Waals surface area contributed by atoms with Crippen LogP contribution in [0.5, 0.6) is 0 Å². The van der Waals surface area contributed by atoms with Crippen LogP contribution >= 0.6 is 11.6 Å². The molecular weight excluding hydrogens is 152 g/mol.